The molecule has 0 aromatic heterocycles. The van der Waals surface area contributed by atoms with Crippen LogP contribution in [-0.2, 0) is 26.6 Å². The van der Waals surface area contributed by atoms with Gasteiger partial charge in [-0.2, -0.15) is 4.31 Å². The zero-order valence-corrected chi connectivity index (χ0v) is 18.4. The lowest BCUT2D eigenvalue weighted by molar-refractivity contribution is 0.401. The molecule has 0 saturated carbocycles. The van der Waals surface area contributed by atoms with E-state index in [9.17, 15) is 16.8 Å². The van der Waals surface area contributed by atoms with Gasteiger partial charge in [-0.25, -0.2) is 21.6 Å². The standard InChI is InChI=1S/C20H26N2O5S2/c1-15-12-19(27-3)20(13-16(15)2)28(23,24)21-14-17-6-8-18(9-7-17)29(25,26)22-10-4-5-11-22/h6-9,12-13,21H,4-5,10-11,14H2,1-3H3. The molecule has 7 nitrogen and oxygen atoms in total. The maximum absolute atomic E-state index is 12.8. The van der Waals surface area contributed by atoms with Gasteiger partial charge in [0, 0.05) is 19.6 Å². The zero-order chi connectivity index (χ0) is 21.2. The van der Waals surface area contributed by atoms with Crippen LogP contribution >= 0.6 is 0 Å². The molecule has 1 fully saturated rings. The Morgan fingerprint density at radius 3 is 2.14 bits per heavy atom. The van der Waals surface area contributed by atoms with E-state index in [1.807, 2.05) is 13.8 Å². The smallest absolute Gasteiger partial charge is 0.244 e. The molecule has 9 heteroatoms. The number of nitrogens with one attached hydrogen (secondary N) is 1. The second kappa shape index (κ2) is 8.43. The lowest BCUT2D eigenvalue weighted by Gasteiger charge is -2.16. The largest absolute Gasteiger partial charge is 0.495 e. The number of rotatable bonds is 7. The Labute approximate surface area is 172 Å². The molecular weight excluding hydrogens is 412 g/mol. The van der Waals surface area contributed by atoms with Crippen molar-refractivity contribution in [3.8, 4) is 5.75 Å². The molecule has 0 aliphatic carbocycles. The first-order valence-corrected chi connectivity index (χ1v) is 12.3. The fourth-order valence-corrected chi connectivity index (χ4v) is 6.01. The average Bonchev–Trinajstić information content (AvgIpc) is 3.24. The molecule has 158 valence electrons. The van der Waals surface area contributed by atoms with Gasteiger partial charge in [-0.05, 0) is 67.6 Å². The average molecular weight is 439 g/mol. The van der Waals surface area contributed by atoms with E-state index in [1.54, 1.807) is 24.3 Å². The molecule has 0 atom stereocenters. The van der Waals surface area contributed by atoms with E-state index in [-0.39, 0.29) is 22.1 Å². The lowest BCUT2D eigenvalue weighted by atomic mass is 10.1. The summed E-state index contributed by atoms with van der Waals surface area (Å²) in [6.07, 6.45) is 1.75. The van der Waals surface area contributed by atoms with E-state index < -0.39 is 20.0 Å². The van der Waals surface area contributed by atoms with Gasteiger partial charge in [-0.1, -0.05) is 12.1 Å². The predicted molar refractivity (Wildman–Crippen MR) is 111 cm³/mol. The van der Waals surface area contributed by atoms with E-state index >= 15 is 0 Å². The Morgan fingerprint density at radius 2 is 1.55 bits per heavy atom. The summed E-state index contributed by atoms with van der Waals surface area (Å²) in [7, 11) is -5.84. The summed E-state index contributed by atoms with van der Waals surface area (Å²) in [4.78, 5) is 0.304. The molecule has 2 aromatic carbocycles. The normalized spacial score (nSPS) is 15.6. The van der Waals surface area contributed by atoms with Crippen LogP contribution in [0.2, 0.25) is 0 Å². The molecule has 29 heavy (non-hydrogen) atoms. The molecule has 0 spiro atoms. The maximum atomic E-state index is 12.8. The number of hydrogen-bond acceptors (Lipinski definition) is 5. The summed E-state index contributed by atoms with van der Waals surface area (Å²) in [6, 6.07) is 9.58. The van der Waals surface area contributed by atoms with Crippen molar-refractivity contribution in [2.24, 2.45) is 0 Å². The molecule has 0 amide bonds. The zero-order valence-electron chi connectivity index (χ0n) is 16.8. The van der Waals surface area contributed by atoms with Crippen molar-refractivity contribution in [3.05, 3.63) is 53.1 Å². The summed E-state index contributed by atoms with van der Waals surface area (Å²) >= 11 is 0. The van der Waals surface area contributed by atoms with Crippen LogP contribution in [0, 0.1) is 13.8 Å². The maximum Gasteiger partial charge on any atom is 0.244 e. The van der Waals surface area contributed by atoms with Gasteiger partial charge in [0.2, 0.25) is 20.0 Å². The van der Waals surface area contributed by atoms with E-state index in [0.717, 1.165) is 24.0 Å². The van der Waals surface area contributed by atoms with Crippen LogP contribution in [0.5, 0.6) is 5.75 Å². The van der Waals surface area contributed by atoms with Gasteiger partial charge >= 0.3 is 0 Å². The highest BCUT2D eigenvalue weighted by atomic mass is 32.2. The van der Waals surface area contributed by atoms with Gasteiger partial charge in [0.1, 0.15) is 10.6 Å². The van der Waals surface area contributed by atoms with Crippen LogP contribution in [-0.4, -0.2) is 41.3 Å². The molecule has 1 aliphatic rings. The molecule has 3 rings (SSSR count). The molecule has 0 bridgehead atoms. The SMILES string of the molecule is COc1cc(C)c(C)cc1S(=O)(=O)NCc1ccc(S(=O)(=O)N2CCCC2)cc1. The van der Waals surface area contributed by atoms with Crippen LogP contribution in [0.4, 0.5) is 0 Å². The quantitative estimate of drug-likeness (QED) is 0.717. The van der Waals surface area contributed by atoms with Crippen LogP contribution in [0.1, 0.15) is 29.5 Å². The van der Waals surface area contributed by atoms with E-state index in [2.05, 4.69) is 4.72 Å². The molecular formula is C20H26N2O5S2. The van der Waals surface area contributed by atoms with E-state index in [4.69, 9.17) is 4.74 Å². The number of aryl methyl sites for hydroxylation is 2. The van der Waals surface area contributed by atoms with Crippen LogP contribution in [0.15, 0.2) is 46.2 Å². The first kappa shape index (κ1) is 21.8. The molecule has 1 N–H and O–H groups in total. The minimum absolute atomic E-state index is 0.0441. The first-order chi connectivity index (χ1) is 13.6. The van der Waals surface area contributed by atoms with Crippen molar-refractivity contribution in [2.45, 2.75) is 43.0 Å². The summed E-state index contributed by atoms with van der Waals surface area (Å²) < 4.78 is 59.9. The molecule has 0 unspecified atom stereocenters. The van der Waals surface area contributed by atoms with Gasteiger partial charge in [-0.3, -0.25) is 0 Å². The van der Waals surface area contributed by atoms with Crippen molar-refractivity contribution in [3.63, 3.8) is 0 Å². The molecule has 2 aromatic rings. The lowest BCUT2D eigenvalue weighted by Crippen LogP contribution is -2.28. The fourth-order valence-electron chi connectivity index (χ4n) is 3.25. The number of hydrogen-bond donors (Lipinski definition) is 1. The number of sulfonamides is 2. The predicted octanol–water partition coefficient (Wildman–Crippen LogP) is 2.58. The number of benzene rings is 2. The fraction of sp³-hybridized carbons (Fsp3) is 0.400. The van der Waals surface area contributed by atoms with Crippen molar-refractivity contribution < 1.29 is 21.6 Å². The monoisotopic (exact) mass is 438 g/mol. The summed E-state index contributed by atoms with van der Waals surface area (Å²) in [5.74, 6) is 0.285. The van der Waals surface area contributed by atoms with Gasteiger partial charge in [0.05, 0.1) is 12.0 Å². The van der Waals surface area contributed by atoms with Gasteiger partial charge in [0.25, 0.3) is 0 Å². The molecule has 1 aliphatic heterocycles. The summed E-state index contributed by atoms with van der Waals surface area (Å²) in [5.41, 5.74) is 2.45. The third-order valence-corrected chi connectivity index (χ3v) is 8.50. The van der Waals surface area contributed by atoms with E-state index in [0.29, 0.717) is 18.7 Å². The Bertz CT molecular complexity index is 1090. The molecule has 0 radical (unpaired) electrons. The number of nitrogens with zero attached hydrogens (tertiary/aromatic N) is 1. The van der Waals surface area contributed by atoms with Crippen molar-refractivity contribution >= 4 is 20.0 Å². The van der Waals surface area contributed by atoms with Gasteiger partial charge in [0.15, 0.2) is 0 Å². The number of ether oxygens (including phenoxy) is 1. The van der Waals surface area contributed by atoms with Gasteiger partial charge in [-0.15, -0.1) is 0 Å². The Kier molecular flexibility index (Phi) is 6.33. The second-order valence-electron chi connectivity index (χ2n) is 7.17. The van der Waals surface area contributed by atoms with Crippen molar-refractivity contribution in [1.82, 2.24) is 9.03 Å². The Hall–Kier alpha value is -1.94. The topological polar surface area (TPSA) is 92.8 Å². The Morgan fingerprint density at radius 1 is 0.966 bits per heavy atom. The van der Waals surface area contributed by atoms with Crippen molar-refractivity contribution in [1.29, 1.82) is 0 Å². The minimum Gasteiger partial charge on any atom is -0.495 e. The highest BCUT2D eigenvalue weighted by Crippen LogP contribution is 2.27. The van der Waals surface area contributed by atoms with Crippen LogP contribution in [0.25, 0.3) is 0 Å². The van der Waals surface area contributed by atoms with Crippen molar-refractivity contribution in [2.75, 3.05) is 20.2 Å². The van der Waals surface area contributed by atoms with Crippen LogP contribution < -0.4 is 9.46 Å². The first-order valence-electron chi connectivity index (χ1n) is 9.39. The summed E-state index contributed by atoms with van der Waals surface area (Å²) in [6.45, 7) is 4.86. The molecule has 1 saturated heterocycles. The summed E-state index contributed by atoms with van der Waals surface area (Å²) in [5, 5.41) is 0. The van der Waals surface area contributed by atoms with E-state index in [1.165, 1.54) is 23.5 Å². The number of methoxy groups -OCH3 is 1. The second-order valence-corrected chi connectivity index (χ2v) is 10.8. The van der Waals surface area contributed by atoms with Gasteiger partial charge < -0.3 is 4.74 Å². The third kappa shape index (κ3) is 4.63. The minimum atomic E-state index is -3.79. The highest BCUT2D eigenvalue weighted by Gasteiger charge is 2.27. The van der Waals surface area contributed by atoms with Crippen LogP contribution in [0.3, 0.4) is 0 Å². The highest BCUT2D eigenvalue weighted by molar-refractivity contribution is 7.89. The molecule has 1 heterocycles. The Balaban J connectivity index is 1.75. The third-order valence-electron chi connectivity index (χ3n) is 5.16.